The smallest absolute Gasteiger partial charge is 0.307 e. The van der Waals surface area contributed by atoms with Crippen LogP contribution in [0.2, 0.25) is 0 Å². The van der Waals surface area contributed by atoms with Crippen LogP contribution in [-0.2, 0) is 9.53 Å². The molecule has 1 unspecified atom stereocenters. The zero-order valence-electron chi connectivity index (χ0n) is 16.0. The number of methoxy groups -OCH3 is 1. The molecule has 26 heavy (non-hydrogen) atoms. The molecule has 140 valence electrons. The molecule has 2 aromatic rings. The van der Waals surface area contributed by atoms with Gasteiger partial charge in [0, 0.05) is 11.6 Å². The molecular formula is C21H26FNO3. The van der Waals surface area contributed by atoms with Crippen LogP contribution >= 0.6 is 0 Å². The summed E-state index contributed by atoms with van der Waals surface area (Å²) >= 11 is 0. The third-order valence-electron chi connectivity index (χ3n) is 4.40. The van der Waals surface area contributed by atoms with E-state index in [1.54, 1.807) is 33.1 Å². The molecule has 2 aromatic carbocycles. The average molecular weight is 359 g/mol. The van der Waals surface area contributed by atoms with Gasteiger partial charge in [-0.15, -0.1) is 0 Å². The summed E-state index contributed by atoms with van der Waals surface area (Å²) in [6.45, 7) is 7.68. The van der Waals surface area contributed by atoms with E-state index >= 15 is 0 Å². The van der Waals surface area contributed by atoms with E-state index in [-0.39, 0.29) is 18.8 Å². The van der Waals surface area contributed by atoms with E-state index in [0.717, 1.165) is 28.0 Å². The van der Waals surface area contributed by atoms with Crippen molar-refractivity contribution in [3.8, 4) is 16.9 Å². The second kappa shape index (κ2) is 8.32. The van der Waals surface area contributed by atoms with Crippen molar-refractivity contribution in [1.82, 2.24) is 0 Å². The second-order valence-electron chi connectivity index (χ2n) is 6.45. The van der Waals surface area contributed by atoms with Crippen LogP contribution in [0.15, 0.2) is 24.3 Å². The number of hydrogen-bond donors (Lipinski definition) is 1. The number of carbonyl (C=O) groups excluding carboxylic acids is 1. The highest BCUT2D eigenvalue weighted by atomic mass is 19.1. The zero-order valence-corrected chi connectivity index (χ0v) is 16.0. The number of halogens is 1. The Bertz CT molecular complexity index is 794. The summed E-state index contributed by atoms with van der Waals surface area (Å²) in [5.41, 5.74) is 10.9. The quantitative estimate of drug-likeness (QED) is 0.778. The molecule has 5 heteroatoms. The standard InChI is InChI=1S/C21H26FNO3/c1-6-26-19(24)11-18(23)17-10-15(7-14(4)21(17)22)20-12(2)8-16(25-5)9-13(20)3/h7-10,18H,6,11,23H2,1-5H3. The van der Waals surface area contributed by atoms with E-state index in [9.17, 15) is 9.18 Å². The van der Waals surface area contributed by atoms with Crippen molar-refractivity contribution < 1.29 is 18.7 Å². The van der Waals surface area contributed by atoms with Crippen LogP contribution in [0.3, 0.4) is 0 Å². The van der Waals surface area contributed by atoms with Gasteiger partial charge in [0.2, 0.25) is 0 Å². The zero-order chi connectivity index (χ0) is 19.4. The van der Waals surface area contributed by atoms with E-state index in [2.05, 4.69) is 0 Å². The maximum Gasteiger partial charge on any atom is 0.307 e. The fourth-order valence-corrected chi connectivity index (χ4v) is 3.22. The van der Waals surface area contributed by atoms with Crippen molar-refractivity contribution in [2.24, 2.45) is 5.73 Å². The minimum absolute atomic E-state index is 0.0613. The highest BCUT2D eigenvalue weighted by Gasteiger charge is 2.20. The number of rotatable bonds is 6. The Labute approximate surface area is 154 Å². The molecular weight excluding hydrogens is 333 g/mol. The van der Waals surface area contributed by atoms with Gasteiger partial charge in [-0.05, 0) is 79.8 Å². The van der Waals surface area contributed by atoms with Gasteiger partial charge in [-0.1, -0.05) is 0 Å². The lowest BCUT2D eigenvalue weighted by Crippen LogP contribution is -2.19. The fourth-order valence-electron chi connectivity index (χ4n) is 3.22. The molecule has 2 rings (SSSR count). The van der Waals surface area contributed by atoms with Crippen LogP contribution < -0.4 is 10.5 Å². The molecule has 0 aliphatic carbocycles. The van der Waals surface area contributed by atoms with Crippen molar-refractivity contribution in [2.45, 2.75) is 40.2 Å². The number of aryl methyl sites for hydroxylation is 3. The summed E-state index contributed by atoms with van der Waals surface area (Å²) < 4.78 is 24.9. The first kappa shape index (κ1) is 19.9. The predicted molar refractivity (Wildman–Crippen MR) is 101 cm³/mol. The molecule has 0 bridgehead atoms. The average Bonchev–Trinajstić information content (AvgIpc) is 2.57. The first-order valence-corrected chi connectivity index (χ1v) is 8.65. The lowest BCUT2D eigenvalue weighted by molar-refractivity contribution is -0.143. The van der Waals surface area contributed by atoms with Gasteiger partial charge in [-0.3, -0.25) is 4.79 Å². The topological polar surface area (TPSA) is 61.5 Å². The number of nitrogens with two attached hydrogens (primary N) is 1. The van der Waals surface area contributed by atoms with Crippen LogP contribution in [-0.4, -0.2) is 19.7 Å². The summed E-state index contributed by atoms with van der Waals surface area (Å²) in [6, 6.07) is 6.66. The SMILES string of the molecule is CCOC(=O)CC(N)c1cc(-c2c(C)cc(OC)cc2C)cc(C)c1F. The number of ether oxygens (including phenoxy) is 2. The van der Waals surface area contributed by atoms with Crippen molar-refractivity contribution in [3.63, 3.8) is 0 Å². The molecule has 4 nitrogen and oxygen atoms in total. The van der Waals surface area contributed by atoms with Crippen molar-refractivity contribution in [2.75, 3.05) is 13.7 Å². The lowest BCUT2D eigenvalue weighted by Gasteiger charge is -2.18. The first-order valence-electron chi connectivity index (χ1n) is 8.65. The third-order valence-corrected chi connectivity index (χ3v) is 4.40. The molecule has 1 atom stereocenters. The van der Waals surface area contributed by atoms with E-state index in [0.29, 0.717) is 11.1 Å². The Kier molecular flexibility index (Phi) is 6.37. The number of esters is 1. The van der Waals surface area contributed by atoms with Gasteiger partial charge in [0.25, 0.3) is 0 Å². The van der Waals surface area contributed by atoms with Crippen molar-refractivity contribution in [1.29, 1.82) is 0 Å². The van der Waals surface area contributed by atoms with E-state index in [1.807, 2.05) is 26.0 Å². The van der Waals surface area contributed by atoms with Gasteiger partial charge < -0.3 is 15.2 Å². The Morgan fingerprint density at radius 1 is 1.12 bits per heavy atom. The molecule has 0 fully saturated rings. The minimum Gasteiger partial charge on any atom is -0.497 e. The van der Waals surface area contributed by atoms with E-state index < -0.39 is 12.0 Å². The van der Waals surface area contributed by atoms with Gasteiger partial charge in [-0.25, -0.2) is 4.39 Å². The fraction of sp³-hybridized carbons (Fsp3) is 0.381. The van der Waals surface area contributed by atoms with Gasteiger partial charge in [0.15, 0.2) is 0 Å². The highest BCUT2D eigenvalue weighted by molar-refractivity contribution is 5.74. The molecule has 0 saturated heterocycles. The van der Waals surface area contributed by atoms with Crippen molar-refractivity contribution >= 4 is 5.97 Å². The van der Waals surface area contributed by atoms with Gasteiger partial charge >= 0.3 is 5.97 Å². The molecule has 0 saturated carbocycles. The minimum atomic E-state index is -0.758. The molecule has 0 heterocycles. The molecule has 0 radical (unpaired) electrons. The molecule has 0 aliphatic heterocycles. The summed E-state index contributed by atoms with van der Waals surface area (Å²) in [7, 11) is 1.63. The Balaban J connectivity index is 2.50. The summed E-state index contributed by atoms with van der Waals surface area (Å²) in [4.78, 5) is 11.7. The molecule has 2 N–H and O–H groups in total. The molecule has 0 spiro atoms. The van der Waals surface area contributed by atoms with E-state index in [1.165, 1.54) is 0 Å². The first-order chi connectivity index (χ1) is 12.3. The van der Waals surface area contributed by atoms with Gasteiger partial charge in [0.05, 0.1) is 20.1 Å². The maximum absolute atomic E-state index is 14.7. The summed E-state index contributed by atoms with van der Waals surface area (Å²) in [5, 5.41) is 0. The molecule has 0 aromatic heterocycles. The third kappa shape index (κ3) is 4.22. The lowest BCUT2D eigenvalue weighted by atomic mass is 9.90. The van der Waals surface area contributed by atoms with Crippen LogP contribution in [0, 0.1) is 26.6 Å². The Morgan fingerprint density at radius 3 is 2.27 bits per heavy atom. The second-order valence-corrected chi connectivity index (χ2v) is 6.45. The van der Waals surface area contributed by atoms with Crippen LogP contribution in [0.4, 0.5) is 4.39 Å². The number of hydrogen-bond acceptors (Lipinski definition) is 4. The predicted octanol–water partition coefficient (Wildman–Crippen LogP) is 4.38. The van der Waals surface area contributed by atoms with Crippen molar-refractivity contribution in [3.05, 3.63) is 52.3 Å². The number of benzene rings is 2. The Morgan fingerprint density at radius 2 is 1.73 bits per heavy atom. The maximum atomic E-state index is 14.7. The van der Waals surface area contributed by atoms with Gasteiger partial charge in [0.1, 0.15) is 11.6 Å². The van der Waals surface area contributed by atoms with Crippen LogP contribution in [0.1, 0.15) is 41.6 Å². The number of carbonyl (C=O) groups is 1. The normalized spacial score (nSPS) is 12.0. The monoisotopic (exact) mass is 359 g/mol. The highest BCUT2D eigenvalue weighted by Crippen LogP contribution is 2.34. The van der Waals surface area contributed by atoms with Crippen LogP contribution in [0.5, 0.6) is 5.75 Å². The van der Waals surface area contributed by atoms with E-state index in [4.69, 9.17) is 15.2 Å². The van der Waals surface area contributed by atoms with Crippen LogP contribution in [0.25, 0.3) is 11.1 Å². The summed E-state index contributed by atoms with van der Waals surface area (Å²) in [5.74, 6) is -0.0320. The largest absolute Gasteiger partial charge is 0.497 e. The molecule has 0 aliphatic rings. The Hall–Kier alpha value is -2.40. The summed E-state index contributed by atoms with van der Waals surface area (Å²) in [6.07, 6.45) is -0.0613. The van der Waals surface area contributed by atoms with Gasteiger partial charge in [-0.2, -0.15) is 0 Å². The molecule has 0 amide bonds.